The summed E-state index contributed by atoms with van der Waals surface area (Å²) in [5.41, 5.74) is 6.05. The third-order valence-electron chi connectivity index (χ3n) is 3.93. The fraction of sp³-hybridized carbons (Fsp3) is 0.538. The molecule has 1 heterocycles. The van der Waals surface area contributed by atoms with Crippen LogP contribution >= 0.6 is 23.2 Å². The molecule has 2 N–H and O–H groups in total. The highest BCUT2D eigenvalue weighted by Gasteiger charge is 2.36. The minimum atomic E-state index is -3.60. The molecule has 2 atom stereocenters. The summed E-state index contributed by atoms with van der Waals surface area (Å²) in [6, 6.07) is 2.98. The van der Waals surface area contributed by atoms with E-state index in [9.17, 15) is 8.42 Å². The second-order valence-electron chi connectivity index (χ2n) is 5.32. The molecule has 1 aliphatic heterocycles. The first kappa shape index (κ1) is 16.0. The molecule has 0 aromatic heterocycles. The lowest BCUT2D eigenvalue weighted by Crippen LogP contribution is -2.29. The molecule has 1 saturated heterocycles. The number of nitrogens with two attached hydrogens (primary N) is 1. The summed E-state index contributed by atoms with van der Waals surface area (Å²) in [7, 11) is -3.60. The zero-order chi connectivity index (χ0) is 15.1. The monoisotopic (exact) mass is 336 g/mol. The molecule has 0 saturated carbocycles. The fourth-order valence-electron chi connectivity index (χ4n) is 2.37. The number of halogens is 2. The van der Waals surface area contributed by atoms with Gasteiger partial charge in [-0.05, 0) is 24.0 Å². The van der Waals surface area contributed by atoms with E-state index in [0.717, 1.165) is 0 Å². The van der Waals surface area contributed by atoms with Gasteiger partial charge in [-0.3, -0.25) is 0 Å². The van der Waals surface area contributed by atoms with Gasteiger partial charge in [0.25, 0.3) is 0 Å². The first-order valence-corrected chi connectivity index (χ1v) is 8.65. The molecule has 0 amide bonds. The van der Waals surface area contributed by atoms with Gasteiger partial charge in [-0.1, -0.05) is 37.0 Å². The summed E-state index contributed by atoms with van der Waals surface area (Å²) in [5.74, 6) is 0.676. The first-order valence-electron chi connectivity index (χ1n) is 6.46. The number of hydrogen-bond donors (Lipinski definition) is 1. The van der Waals surface area contributed by atoms with Gasteiger partial charge in [0.15, 0.2) is 0 Å². The number of benzene rings is 1. The highest BCUT2D eigenvalue weighted by Crippen LogP contribution is 2.35. The van der Waals surface area contributed by atoms with Crippen LogP contribution in [0.4, 0.5) is 0 Å². The van der Waals surface area contributed by atoms with E-state index in [1.807, 2.05) is 0 Å². The van der Waals surface area contributed by atoms with E-state index < -0.39 is 10.0 Å². The van der Waals surface area contributed by atoms with Crippen LogP contribution in [0.5, 0.6) is 0 Å². The Labute approximate surface area is 129 Å². The molecule has 1 aliphatic rings. The lowest BCUT2D eigenvalue weighted by molar-refractivity contribution is 0.463. The number of hydrogen-bond acceptors (Lipinski definition) is 3. The molecule has 7 heteroatoms. The predicted octanol–water partition coefficient (Wildman–Crippen LogP) is 2.73. The molecule has 2 unspecified atom stereocenters. The number of rotatable bonds is 3. The Bertz CT molecular complexity index is 609. The summed E-state index contributed by atoms with van der Waals surface area (Å²) in [6.45, 7) is 5.23. The van der Waals surface area contributed by atoms with Crippen molar-refractivity contribution >= 4 is 33.2 Å². The van der Waals surface area contributed by atoms with E-state index >= 15 is 0 Å². The van der Waals surface area contributed by atoms with Crippen molar-refractivity contribution < 1.29 is 8.42 Å². The maximum atomic E-state index is 12.7. The average Bonchev–Trinajstić information content (AvgIpc) is 2.70. The van der Waals surface area contributed by atoms with Gasteiger partial charge in [0.05, 0.1) is 5.02 Å². The average molecular weight is 337 g/mol. The Hall–Kier alpha value is -0.330. The molecule has 2 rings (SSSR count). The summed E-state index contributed by atoms with van der Waals surface area (Å²) in [6.07, 6.45) is 0. The molecule has 112 valence electrons. The first-order chi connectivity index (χ1) is 9.28. The molecule has 0 bridgehead atoms. The second-order valence-corrected chi connectivity index (χ2v) is 8.01. The van der Waals surface area contributed by atoms with Crippen LogP contribution in [0.25, 0.3) is 0 Å². The normalized spacial score (nSPS) is 24.2. The smallest absolute Gasteiger partial charge is 0.244 e. The van der Waals surface area contributed by atoms with E-state index in [1.54, 1.807) is 0 Å². The molecular weight excluding hydrogens is 319 g/mol. The molecule has 1 aromatic rings. The minimum absolute atomic E-state index is 0.0883. The molecular formula is C13H18Cl2N2O2S. The van der Waals surface area contributed by atoms with Crippen molar-refractivity contribution in [3.63, 3.8) is 0 Å². The fourth-order valence-corrected chi connectivity index (χ4v) is 4.92. The van der Waals surface area contributed by atoms with Gasteiger partial charge in [-0.25, -0.2) is 8.42 Å². The quantitative estimate of drug-likeness (QED) is 0.922. The van der Waals surface area contributed by atoms with Gasteiger partial charge in [-0.15, -0.1) is 0 Å². The topological polar surface area (TPSA) is 63.4 Å². The lowest BCUT2D eigenvalue weighted by atomic mass is 10.0. The third-order valence-corrected chi connectivity index (χ3v) is 6.70. The van der Waals surface area contributed by atoms with Crippen LogP contribution in [0.1, 0.15) is 19.4 Å². The van der Waals surface area contributed by atoms with Gasteiger partial charge in [-0.2, -0.15) is 4.31 Å². The Morgan fingerprint density at radius 3 is 2.30 bits per heavy atom. The molecule has 0 spiro atoms. The summed E-state index contributed by atoms with van der Waals surface area (Å²) >= 11 is 12.2. The Balaban J connectivity index is 2.46. The number of nitrogens with zero attached hydrogens (tertiary/aromatic N) is 1. The predicted molar refractivity (Wildman–Crippen MR) is 81.4 cm³/mol. The van der Waals surface area contributed by atoms with E-state index in [-0.39, 0.29) is 16.5 Å². The van der Waals surface area contributed by atoms with Crippen molar-refractivity contribution in [3.05, 3.63) is 27.7 Å². The SMILES string of the molecule is CC1CN(S(=O)(=O)c2ccc(Cl)c(CN)c2Cl)CC1C. The van der Waals surface area contributed by atoms with Crippen molar-refractivity contribution in [3.8, 4) is 0 Å². The Morgan fingerprint density at radius 2 is 1.80 bits per heavy atom. The van der Waals surface area contributed by atoms with E-state index in [0.29, 0.717) is 35.5 Å². The van der Waals surface area contributed by atoms with Gasteiger partial charge >= 0.3 is 0 Å². The second kappa shape index (κ2) is 5.81. The zero-order valence-electron chi connectivity index (χ0n) is 11.4. The van der Waals surface area contributed by atoms with Gasteiger partial charge in [0.2, 0.25) is 10.0 Å². The highest BCUT2D eigenvalue weighted by molar-refractivity contribution is 7.89. The molecule has 0 radical (unpaired) electrons. The molecule has 20 heavy (non-hydrogen) atoms. The van der Waals surface area contributed by atoms with Crippen LogP contribution in [-0.2, 0) is 16.6 Å². The van der Waals surface area contributed by atoms with Gasteiger partial charge in [0, 0.05) is 30.2 Å². The maximum Gasteiger partial charge on any atom is 0.244 e. The van der Waals surface area contributed by atoms with Gasteiger partial charge in [0.1, 0.15) is 4.90 Å². The van der Waals surface area contributed by atoms with Crippen LogP contribution in [0.2, 0.25) is 10.0 Å². The van der Waals surface area contributed by atoms with E-state index in [4.69, 9.17) is 28.9 Å². The Morgan fingerprint density at radius 1 is 1.25 bits per heavy atom. The van der Waals surface area contributed by atoms with Crippen molar-refractivity contribution in [1.29, 1.82) is 0 Å². The summed E-state index contributed by atoms with van der Waals surface area (Å²) < 4.78 is 26.9. The molecule has 1 aromatic carbocycles. The van der Waals surface area contributed by atoms with Crippen LogP contribution < -0.4 is 5.73 Å². The minimum Gasteiger partial charge on any atom is -0.326 e. The summed E-state index contributed by atoms with van der Waals surface area (Å²) in [4.78, 5) is 0.0883. The molecule has 4 nitrogen and oxygen atoms in total. The van der Waals surface area contributed by atoms with Crippen LogP contribution in [0.15, 0.2) is 17.0 Å². The lowest BCUT2D eigenvalue weighted by Gasteiger charge is -2.18. The van der Waals surface area contributed by atoms with E-state index in [2.05, 4.69) is 13.8 Å². The largest absolute Gasteiger partial charge is 0.326 e. The van der Waals surface area contributed by atoms with Crippen molar-refractivity contribution in [1.82, 2.24) is 4.31 Å². The highest BCUT2D eigenvalue weighted by atomic mass is 35.5. The standard InChI is InChI=1S/C13H18Cl2N2O2S/c1-8-6-17(7-9(8)2)20(18,19)12-4-3-11(14)10(5-16)13(12)15/h3-4,8-9H,5-7,16H2,1-2H3. The van der Waals surface area contributed by atoms with Crippen LogP contribution in [-0.4, -0.2) is 25.8 Å². The third kappa shape index (κ3) is 2.70. The van der Waals surface area contributed by atoms with E-state index in [1.165, 1.54) is 16.4 Å². The van der Waals surface area contributed by atoms with Crippen LogP contribution in [0.3, 0.4) is 0 Å². The number of sulfonamides is 1. The van der Waals surface area contributed by atoms with Crippen molar-refractivity contribution in [2.45, 2.75) is 25.3 Å². The molecule has 0 aliphatic carbocycles. The van der Waals surface area contributed by atoms with Crippen LogP contribution in [0, 0.1) is 11.8 Å². The van der Waals surface area contributed by atoms with Crippen molar-refractivity contribution in [2.75, 3.05) is 13.1 Å². The Kier molecular flexibility index (Phi) is 4.66. The molecule has 1 fully saturated rings. The zero-order valence-corrected chi connectivity index (χ0v) is 13.8. The maximum absolute atomic E-state index is 12.7. The van der Waals surface area contributed by atoms with Gasteiger partial charge < -0.3 is 5.73 Å². The summed E-state index contributed by atoms with van der Waals surface area (Å²) in [5, 5.41) is 0.520. The van der Waals surface area contributed by atoms with Crippen molar-refractivity contribution in [2.24, 2.45) is 17.6 Å².